The van der Waals surface area contributed by atoms with Crippen molar-refractivity contribution in [2.75, 3.05) is 20.1 Å². The molecule has 2 aliphatic carbocycles. The summed E-state index contributed by atoms with van der Waals surface area (Å²) in [6, 6.07) is 24.4. The second-order valence-electron chi connectivity index (χ2n) is 12.2. The van der Waals surface area contributed by atoms with E-state index in [0.717, 1.165) is 55.5 Å². The monoisotopic (exact) mass is 536 g/mol. The minimum Gasteiger partial charge on any atom is -0.508 e. The Morgan fingerprint density at radius 2 is 1.90 bits per heavy atom. The van der Waals surface area contributed by atoms with Gasteiger partial charge in [-0.25, -0.2) is 0 Å². The number of likely N-dealkylation sites (N-methyl/N-ethyl adjacent to an activating group) is 1. The van der Waals surface area contributed by atoms with Gasteiger partial charge in [0.15, 0.2) is 0 Å². The number of aryl methyl sites for hydroxylation is 1. The van der Waals surface area contributed by atoms with Crippen LogP contribution in [0.4, 0.5) is 0 Å². The third-order valence-electron chi connectivity index (χ3n) is 10.00. The van der Waals surface area contributed by atoms with Gasteiger partial charge in [-0.05, 0) is 92.5 Å². The zero-order chi connectivity index (χ0) is 27.9. The van der Waals surface area contributed by atoms with Crippen molar-refractivity contribution >= 4 is 12.0 Å². The van der Waals surface area contributed by atoms with Gasteiger partial charge in [0.2, 0.25) is 5.91 Å². The van der Waals surface area contributed by atoms with Crippen molar-refractivity contribution in [3.05, 3.63) is 107 Å². The summed E-state index contributed by atoms with van der Waals surface area (Å²) in [4.78, 5) is 17.7. The van der Waals surface area contributed by atoms with Crippen molar-refractivity contribution in [2.45, 2.75) is 68.5 Å². The summed E-state index contributed by atoms with van der Waals surface area (Å²) in [5.41, 5.74) is 4.39. The molecule has 1 saturated carbocycles. The molecule has 3 aromatic rings. The van der Waals surface area contributed by atoms with Gasteiger partial charge in [0, 0.05) is 37.2 Å². The Morgan fingerprint density at radius 1 is 1.07 bits per heavy atom. The van der Waals surface area contributed by atoms with Gasteiger partial charge in [0.25, 0.3) is 0 Å². The normalized spacial score (nSPS) is 27.7. The number of hydrogen-bond acceptors (Lipinski definition) is 4. The average Bonchev–Trinajstić information content (AvgIpc) is 2.96. The van der Waals surface area contributed by atoms with E-state index in [9.17, 15) is 15.0 Å². The molecule has 5 heteroatoms. The van der Waals surface area contributed by atoms with E-state index in [4.69, 9.17) is 0 Å². The molecule has 3 aromatic carbocycles. The first-order valence-electron chi connectivity index (χ1n) is 14.6. The first kappa shape index (κ1) is 26.8. The fraction of sp³-hybridized carbons (Fsp3) is 0.400. The molecule has 2 fully saturated rings. The smallest absolute Gasteiger partial charge is 0.246 e. The van der Waals surface area contributed by atoms with Crippen molar-refractivity contribution in [2.24, 2.45) is 0 Å². The molecule has 1 heterocycles. The standard InChI is InChI=1S/C35H40N2O3/c1-25-7-6-10-27(21-25)11-14-33(39)36(2)29-15-17-35(40)32-22-28-12-13-30(38)23-31(28)34(35,24-29)18-20-37(32)19-16-26-8-4-3-5-9-26/h3-14,21,23,29,32,38,40H,15-20,22,24H2,1-2H3/t29-,32+,34+,35?/m0/s1. The Bertz CT molecular complexity index is 1420. The molecule has 5 nitrogen and oxygen atoms in total. The Hall–Kier alpha value is -3.41. The van der Waals surface area contributed by atoms with Crippen molar-refractivity contribution in [1.29, 1.82) is 0 Å². The summed E-state index contributed by atoms with van der Waals surface area (Å²) < 4.78 is 0. The molecular weight excluding hydrogens is 496 g/mol. The number of hydrogen-bond donors (Lipinski definition) is 2. The van der Waals surface area contributed by atoms with Gasteiger partial charge in [0.1, 0.15) is 5.75 Å². The molecule has 6 rings (SSSR count). The second-order valence-corrected chi connectivity index (χ2v) is 12.2. The van der Waals surface area contributed by atoms with Gasteiger partial charge < -0.3 is 15.1 Å². The number of nitrogens with zero attached hydrogens (tertiary/aromatic N) is 2. The molecule has 0 aromatic heterocycles. The minimum absolute atomic E-state index is 0.0137. The van der Waals surface area contributed by atoms with Gasteiger partial charge in [-0.15, -0.1) is 0 Å². The number of aliphatic hydroxyl groups is 1. The highest BCUT2D eigenvalue weighted by Crippen LogP contribution is 2.59. The molecule has 2 N–H and O–H groups in total. The molecule has 0 spiro atoms. The Morgan fingerprint density at radius 3 is 2.70 bits per heavy atom. The van der Waals surface area contributed by atoms with E-state index in [1.807, 2.05) is 61.3 Å². The van der Waals surface area contributed by atoms with Crippen LogP contribution in [-0.2, 0) is 23.1 Å². The first-order chi connectivity index (χ1) is 19.3. The van der Waals surface area contributed by atoms with Crippen molar-refractivity contribution < 1.29 is 15.0 Å². The molecule has 1 amide bonds. The minimum atomic E-state index is -0.902. The molecule has 4 atom stereocenters. The Labute approximate surface area is 237 Å². The maximum Gasteiger partial charge on any atom is 0.246 e. The quantitative estimate of drug-likeness (QED) is 0.422. The van der Waals surface area contributed by atoms with E-state index in [0.29, 0.717) is 12.8 Å². The van der Waals surface area contributed by atoms with Crippen LogP contribution < -0.4 is 0 Å². The van der Waals surface area contributed by atoms with Crippen LogP contribution in [0.15, 0.2) is 78.9 Å². The number of benzene rings is 3. The van der Waals surface area contributed by atoms with Crippen LogP contribution in [0.3, 0.4) is 0 Å². The topological polar surface area (TPSA) is 64.0 Å². The molecule has 1 unspecified atom stereocenters. The van der Waals surface area contributed by atoms with E-state index < -0.39 is 11.0 Å². The molecule has 1 saturated heterocycles. The fourth-order valence-electron chi connectivity index (χ4n) is 7.83. The van der Waals surface area contributed by atoms with Crippen LogP contribution in [0.1, 0.15) is 53.5 Å². The fourth-order valence-corrected chi connectivity index (χ4v) is 7.83. The SMILES string of the molecule is Cc1cccc(C=CC(=O)N(C)[C@H]2CCC3(O)[C@H]4Cc5ccc(O)cc5[C@@]3(CCN4CCc3ccccc3)C2)c1. The Kier molecular flexibility index (Phi) is 7.05. The summed E-state index contributed by atoms with van der Waals surface area (Å²) in [5.74, 6) is 0.227. The number of fused-ring (bicyclic) bond motifs is 1. The van der Waals surface area contributed by atoms with E-state index in [-0.39, 0.29) is 23.7 Å². The molecule has 2 bridgehead atoms. The Balaban J connectivity index is 1.27. The number of likely N-dealkylation sites (tertiary alicyclic amines) is 1. The lowest BCUT2D eigenvalue weighted by molar-refractivity contribution is -0.176. The third-order valence-corrected chi connectivity index (χ3v) is 10.00. The highest BCUT2D eigenvalue weighted by molar-refractivity contribution is 5.91. The van der Waals surface area contributed by atoms with Gasteiger partial charge in [-0.3, -0.25) is 9.69 Å². The lowest BCUT2D eigenvalue weighted by atomic mass is 9.48. The van der Waals surface area contributed by atoms with Gasteiger partial charge in [0.05, 0.1) is 5.60 Å². The van der Waals surface area contributed by atoms with Crippen LogP contribution >= 0.6 is 0 Å². The van der Waals surface area contributed by atoms with E-state index in [1.165, 1.54) is 11.1 Å². The number of phenolic OH excluding ortho intramolecular Hbond substituents is 1. The predicted molar refractivity (Wildman–Crippen MR) is 159 cm³/mol. The summed E-state index contributed by atoms with van der Waals surface area (Å²) in [5, 5.41) is 23.2. The average molecular weight is 537 g/mol. The summed E-state index contributed by atoms with van der Waals surface area (Å²) in [6.45, 7) is 3.85. The first-order valence-corrected chi connectivity index (χ1v) is 14.6. The van der Waals surface area contributed by atoms with Gasteiger partial charge in [-0.2, -0.15) is 0 Å². The number of rotatable bonds is 6. The maximum absolute atomic E-state index is 13.3. The highest BCUT2D eigenvalue weighted by atomic mass is 16.3. The molecule has 40 heavy (non-hydrogen) atoms. The second kappa shape index (κ2) is 10.5. The van der Waals surface area contributed by atoms with Gasteiger partial charge in [-0.1, -0.05) is 66.2 Å². The van der Waals surface area contributed by atoms with Crippen LogP contribution in [0.25, 0.3) is 6.08 Å². The van der Waals surface area contributed by atoms with Gasteiger partial charge >= 0.3 is 0 Å². The largest absolute Gasteiger partial charge is 0.508 e. The van der Waals surface area contributed by atoms with Crippen LogP contribution in [0.5, 0.6) is 5.75 Å². The molecule has 1 aliphatic heterocycles. The number of carbonyl (C=O) groups excluding carboxylic acids is 1. The van der Waals surface area contributed by atoms with Crippen molar-refractivity contribution in [1.82, 2.24) is 9.80 Å². The number of carbonyl (C=O) groups is 1. The highest BCUT2D eigenvalue weighted by Gasteiger charge is 2.64. The van der Waals surface area contributed by atoms with E-state index in [1.54, 1.807) is 12.1 Å². The molecule has 0 radical (unpaired) electrons. The predicted octanol–water partition coefficient (Wildman–Crippen LogP) is 5.27. The molecule has 208 valence electrons. The zero-order valence-corrected chi connectivity index (χ0v) is 23.6. The third kappa shape index (κ3) is 4.65. The number of amides is 1. The zero-order valence-electron chi connectivity index (χ0n) is 23.6. The van der Waals surface area contributed by atoms with Crippen molar-refractivity contribution in [3.8, 4) is 5.75 Å². The number of piperidine rings is 1. The lowest BCUT2D eigenvalue weighted by Crippen LogP contribution is -2.74. The van der Waals surface area contributed by atoms with Crippen molar-refractivity contribution in [3.63, 3.8) is 0 Å². The molecular formula is C35H40N2O3. The maximum atomic E-state index is 13.3. The number of phenols is 1. The van der Waals surface area contributed by atoms with E-state index >= 15 is 0 Å². The van der Waals surface area contributed by atoms with Crippen LogP contribution in [0.2, 0.25) is 0 Å². The summed E-state index contributed by atoms with van der Waals surface area (Å²) in [7, 11) is 1.90. The molecule has 3 aliphatic rings. The van der Waals surface area contributed by atoms with E-state index in [2.05, 4.69) is 35.2 Å². The van der Waals surface area contributed by atoms with Crippen LogP contribution in [0, 0.1) is 6.92 Å². The van der Waals surface area contributed by atoms with Crippen LogP contribution in [-0.4, -0.2) is 63.7 Å². The number of aromatic hydroxyl groups is 1. The summed E-state index contributed by atoms with van der Waals surface area (Å²) >= 11 is 0. The summed E-state index contributed by atoms with van der Waals surface area (Å²) in [6.07, 6.45) is 8.19. The lowest BCUT2D eigenvalue weighted by Gasteiger charge is -2.65.